The van der Waals surface area contributed by atoms with Crippen LogP contribution in [0.15, 0.2) is 12.1 Å². The number of piperidine rings is 1. The number of aromatic nitrogens is 2. The summed E-state index contributed by atoms with van der Waals surface area (Å²) in [6, 6.07) is 3.81. The maximum absolute atomic E-state index is 13.2. The number of hydrogen-bond acceptors (Lipinski definition) is 4. The van der Waals surface area contributed by atoms with Gasteiger partial charge in [0.15, 0.2) is 5.78 Å². The fourth-order valence-corrected chi connectivity index (χ4v) is 4.64. The van der Waals surface area contributed by atoms with Crippen molar-refractivity contribution in [3.63, 3.8) is 0 Å². The second-order valence-corrected chi connectivity index (χ2v) is 8.46. The third-order valence-corrected chi connectivity index (χ3v) is 6.34. The number of Topliss-reactive ketones (excluding diaryl/α,β-unsaturated/α-hetero) is 1. The molecule has 1 saturated heterocycles. The van der Waals surface area contributed by atoms with E-state index < -0.39 is 0 Å². The number of hydrogen-bond donors (Lipinski definition) is 0. The predicted octanol–water partition coefficient (Wildman–Crippen LogP) is 3.72. The highest BCUT2D eigenvalue weighted by Crippen LogP contribution is 2.28. The maximum atomic E-state index is 13.2. The molecule has 1 aliphatic heterocycles. The number of amides is 1. The van der Waals surface area contributed by atoms with Crippen LogP contribution in [0.25, 0.3) is 0 Å². The highest BCUT2D eigenvalue weighted by Gasteiger charge is 2.29. The van der Waals surface area contributed by atoms with Gasteiger partial charge in [-0.25, -0.2) is 0 Å². The average molecular weight is 412 g/mol. The van der Waals surface area contributed by atoms with Gasteiger partial charge in [-0.3, -0.25) is 14.3 Å². The fourth-order valence-electron chi connectivity index (χ4n) is 4.64. The first kappa shape index (κ1) is 22.1. The summed E-state index contributed by atoms with van der Waals surface area (Å²) in [5.41, 5.74) is 5.89. The van der Waals surface area contributed by atoms with Gasteiger partial charge in [-0.1, -0.05) is 0 Å². The van der Waals surface area contributed by atoms with Crippen molar-refractivity contribution in [3.05, 3.63) is 45.8 Å². The van der Waals surface area contributed by atoms with Crippen molar-refractivity contribution in [1.82, 2.24) is 14.7 Å². The molecule has 1 amide bonds. The number of nitrogens with zero attached hydrogens (tertiary/aromatic N) is 3. The smallest absolute Gasteiger partial charge is 0.222 e. The molecular formula is C24H33N3O3. The van der Waals surface area contributed by atoms with Gasteiger partial charge < -0.3 is 9.64 Å². The minimum atomic E-state index is -0.142. The molecule has 3 rings (SSSR count). The van der Waals surface area contributed by atoms with E-state index in [0.29, 0.717) is 24.9 Å². The van der Waals surface area contributed by atoms with Gasteiger partial charge in [0.05, 0.1) is 12.8 Å². The Labute approximate surface area is 179 Å². The van der Waals surface area contributed by atoms with E-state index in [2.05, 4.69) is 5.10 Å². The van der Waals surface area contributed by atoms with E-state index in [-0.39, 0.29) is 17.6 Å². The van der Waals surface area contributed by atoms with Crippen molar-refractivity contribution in [2.45, 2.75) is 53.4 Å². The molecule has 0 N–H and O–H groups in total. The Morgan fingerprint density at radius 2 is 1.83 bits per heavy atom. The van der Waals surface area contributed by atoms with Crippen LogP contribution in [0.1, 0.15) is 57.7 Å². The molecule has 6 nitrogen and oxygen atoms in total. The second-order valence-electron chi connectivity index (χ2n) is 8.46. The van der Waals surface area contributed by atoms with Crippen molar-refractivity contribution in [1.29, 1.82) is 0 Å². The van der Waals surface area contributed by atoms with Gasteiger partial charge in [0.25, 0.3) is 0 Å². The lowest BCUT2D eigenvalue weighted by atomic mass is 9.88. The Kier molecular flexibility index (Phi) is 6.64. The molecule has 2 heterocycles. The van der Waals surface area contributed by atoms with Crippen molar-refractivity contribution in [2.75, 3.05) is 20.2 Å². The summed E-state index contributed by atoms with van der Waals surface area (Å²) in [6.45, 7) is 9.18. The maximum Gasteiger partial charge on any atom is 0.222 e. The van der Waals surface area contributed by atoms with Gasteiger partial charge in [-0.2, -0.15) is 5.10 Å². The first-order valence-corrected chi connectivity index (χ1v) is 10.7. The molecule has 2 aromatic rings. The summed E-state index contributed by atoms with van der Waals surface area (Å²) in [6.07, 6.45) is 2.83. The number of carbonyl (C=O) groups is 2. The number of likely N-dealkylation sites (tertiary alicyclic amines) is 1. The minimum absolute atomic E-state index is 0.122. The average Bonchev–Trinajstić information content (AvgIpc) is 2.96. The van der Waals surface area contributed by atoms with Gasteiger partial charge in [-0.15, -0.1) is 0 Å². The van der Waals surface area contributed by atoms with E-state index in [1.54, 1.807) is 7.11 Å². The van der Waals surface area contributed by atoms with Gasteiger partial charge in [0.1, 0.15) is 5.75 Å². The van der Waals surface area contributed by atoms with Crippen LogP contribution < -0.4 is 4.74 Å². The number of rotatable bonds is 6. The van der Waals surface area contributed by atoms with Crippen molar-refractivity contribution in [3.8, 4) is 5.75 Å². The molecule has 1 atom stereocenters. The van der Waals surface area contributed by atoms with Crippen molar-refractivity contribution in [2.24, 2.45) is 13.0 Å². The van der Waals surface area contributed by atoms with E-state index >= 15 is 0 Å². The van der Waals surface area contributed by atoms with Crippen LogP contribution in [0.2, 0.25) is 0 Å². The molecule has 1 aromatic carbocycles. The molecule has 1 aromatic heterocycles. The number of benzene rings is 1. The summed E-state index contributed by atoms with van der Waals surface area (Å²) in [5.74, 6) is 0.933. The minimum Gasteiger partial charge on any atom is -0.496 e. The number of aryl methyl sites for hydroxylation is 4. The van der Waals surface area contributed by atoms with Crippen LogP contribution in [0, 0.1) is 33.6 Å². The van der Waals surface area contributed by atoms with Crippen LogP contribution in [-0.4, -0.2) is 46.6 Å². The highest BCUT2D eigenvalue weighted by atomic mass is 16.5. The second kappa shape index (κ2) is 9.02. The van der Waals surface area contributed by atoms with E-state index in [4.69, 9.17) is 4.74 Å². The van der Waals surface area contributed by atoms with Gasteiger partial charge in [0, 0.05) is 43.7 Å². The zero-order valence-electron chi connectivity index (χ0n) is 19.0. The third kappa shape index (κ3) is 4.42. The summed E-state index contributed by atoms with van der Waals surface area (Å²) >= 11 is 0. The summed E-state index contributed by atoms with van der Waals surface area (Å²) in [5, 5.41) is 4.43. The Hall–Kier alpha value is -2.63. The Morgan fingerprint density at radius 3 is 2.40 bits per heavy atom. The van der Waals surface area contributed by atoms with Crippen molar-refractivity contribution >= 4 is 11.7 Å². The predicted molar refractivity (Wildman–Crippen MR) is 117 cm³/mol. The monoisotopic (exact) mass is 411 g/mol. The molecule has 0 unspecified atom stereocenters. The van der Waals surface area contributed by atoms with Crippen LogP contribution >= 0.6 is 0 Å². The molecule has 0 radical (unpaired) electrons. The molecule has 162 valence electrons. The number of ketones is 1. The van der Waals surface area contributed by atoms with E-state index in [1.165, 1.54) is 0 Å². The Bertz CT molecular complexity index is 938. The molecule has 6 heteroatoms. The first-order chi connectivity index (χ1) is 14.2. The summed E-state index contributed by atoms with van der Waals surface area (Å²) < 4.78 is 7.28. The summed E-state index contributed by atoms with van der Waals surface area (Å²) in [7, 11) is 3.58. The first-order valence-electron chi connectivity index (χ1n) is 10.7. The lowest BCUT2D eigenvalue weighted by Gasteiger charge is -2.32. The largest absolute Gasteiger partial charge is 0.496 e. The lowest BCUT2D eigenvalue weighted by Crippen LogP contribution is -2.42. The van der Waals surface area contributed by atoms with Crippen LogP contribution in [0.4, 0.5) is 0 Å². The third-order valence-electron chi connectivity index (χ3n) is 6.34. The quantitative estimate of drug-likeness (QED) is 0.680. The molecular weight excluding hydrogens is 378 g/mol. The normalized spacial score (nSPS) is 16.6. The summed E-state index contributed by atoms with van der Waals surface area (Å²) in [4.78, 5) is 27.9. The molecule has 0 aliphatic carbocycles. The van der Waals surface area contributed by atoms with Crippen LogP contribution in [0.3, 0.4) is 0 Å². The van der Waals surface area contributed by atoms with Crippen molar-refractivity contribution < 1.29 is 14.3 Å². The van der Waals surface area contributed by atoms with Gasteiger partial charge >= 0.3 is 0 Å². The zero-order valence-corrected chi connectivity index (χ0v) is 19.0. The molecule has 30 heavy (non-hydrogen) atoms. The Morgan fingerprint density at radius 1 is 1.17 bits per heavy atom. The zero-order chi connectivity index (χ0) is 22.0. The number of methoxy groups -OCH3 is 1. The molecule has 1 aliphatic rings. The standard InChI is InChI=1S/C24H33N3O3/c1-15-12-20(13-16(2)24(15)30-6)23(29)19-8-7-11-27(14-19)22(28)10-9-21-17(3)25-26(5)18(21)4/h12-13,19H,7-11,14H2,1-6H3/t19-/m1/s1. The highest BCUT2D eigenvalue weighted by molar-refractivity contribution is 5.99. The number of ether oxygens (including phenoxy) is 1. The number of carbonyl (C=O) groups excluding carboxylic acids is 2. The molecule has 1 fully saturated rings. The SMILES string of the molecule is COc1c(C)cc(C(=O)[C@@H]2CCCN(C(=O)CCc3c(C)nn(C)c3C)C2)cc1C. The van der Waals surface area contributed by atoms with Gasteiger partial charge in [0.2, 0.25) is 5.91 Å². The fraction of sp³-hybridized carbons (Fsp3) is 0.542. The van der Waals surface area contributed by atoms with Crippen LogP contribution in [0.5, 0.6) is 5.75 Å². The molecule has 0 spiro atoms. The lowest BCUT2D eigenvalue weighted by molar-refractivity contribution is -0.132. The Balaban J connectivity index is 1.66. The topological polar surface area (TPSA) is 64.4 Å². The van der Waals surface area contributed by atoms with E-state index in [1.807, 2.05) is 56.5 Å². The molecule has 0 bridgehead atoms. The van der Waals surface area contributed by atoms with Gasteiger partial charge in [-0.05, 0) is 75.8 Å². The van der Waals surface area contributed by atoms with Crippen LogP contribution in [-0.2, 0) is 18.3 Å². The molecule has 0 saturated carbocycles. The van der Waals surface area contributed by atoms with E-state index in [0.717, 1.165) is 53.2 Å². The van der Waals surface area contributed by atoms with E-state index in [9.17, 15) is 9.59 Å².